The number of ether oxygens (including phenoxy) is 1. The predicted molar refractivity (Wildman–Crippen MR) is 94.4 cm³/mol. The Kier molecular flexibility index (Phi) is 9.78. The molecule has 0 saturated heterocycles. The lowest BCUT2D eigenvalue weighted by atomic mass is 9.77. The van der Waals surface area contributed by atoms with Crippen LogP contribution >= 0.6 is 12.4 Å². The normalized spacial score (nSPS) is 26.0. The van der Waals surface area contributed by atoms with Gasteiger partial charge in [0.05, 0.1) is 12.5 Å². The molecule has 0 aromatic rings. The van der Waals surface area contributed by atoms with Crippen LogP contribution in [0, 0.1) is 11.3 Å². The number of rotatable bonds is 8. The molecule has 3 N–H and O–H groups in total. The van der Waals surface area contributed by atoms with Gasteiger partial charge in [0.1, 0.15) is 0 Å². The Bertz CT molecular complexity index is 392. The van der Waals surface area contributed by atoms with E-state index in [2.05, 4.69) is 19.2 Å². The first-order valence-electron chi connectivity index (χ1n) is 8.49. The third-order valence-electron chi connectivity index (χ3n) is 5.18. The molecule has 0 aromatic carbocycles. The Morgan fingerprint density at radius 2 is 2.00 bits per heavy atom. The van der Waals surface area contributed by atoms with E-state index >= 15 is 0 Å². The molecular weight excluding hydrogens is 316 g/mol. The minimum atomic E-state index is -0.421. The molecule has 1 amide bonds. The highest BCUT2D eigenvalue weighted by atomic mass is 35.5. The Balaban J connectivity index is 0.00000484. The van der Waals surface area contributed by atoms with Gasteiger partial charge in [0.2, 0.25) is 5.91 Å². The molecule has 1 saturated carbocycles. The van der Waals surface area contributed by atoms with Gasteiger partial charge in [0.25, 0.3) is 0 Å². The topological polar surface area (TPSA) is 81.4 Å². The first-order chi connectivity index (χ1) is 10.4. The van der Waals surface area contributed by atoms with Gasteiger partial charge in [0.15, 0.2) is 0 Å². The van der Waals surface area contributed by atoms with Crippen molar-refractivity contribution in [3.63, 3.8) is 0 Å². The highest BCUT2D eigenvalue weighted by Gasteiger charge is 2.45. The fraction of sp³-hybridized carbons (Fsp3) is 0.882. The largest absolute Gasteiger partial charge is 0.469 e. The minimum absolute atomic E-state index is 0. The summed E-state index contributed by atoms with van der Waals surface area (Å²) in [5, 5.41) is 3.04. The molecule has 136 valence electrons. The predicted octanol–water partition coefficient (Wildman–Crippen LogP) is 2.80. The maximum absolute atomic E-state index is 12.3. The zero-order chi connectivity index (χ0) is 16.8. The molecule has 0 aliphatic heterocycles. The summed E-state index contributed by atoms with van der Waals surface area (Å²) in [6.07, 6.45) is 6.01. The molecule has 23 heavy (non-hydrogen) atoms. The van der Waals surface area contributed by atoms with Crippen molar-refractivity contribution in [2.75, 3.05) is 7.11 Å². The van der Waals surface area contributed by atoms with E-state index in [0.717, 1.165) is 38.5 Å². The summed E-state index contributed by atoms with van der Waals surface area (Å²) in [4.78, 5) is 23.6. The second-order valence-corrected chi connectivity index (χ2v) is 6.70. The summed E-state index contributed by atoms with van der Waals surface area (Å²) in [5.74, 6) is 0.269. The molecule has 1 rings (SSSR count). The van der Waals surface area contributed by atoms with E-state index in [0.29, 0.717) is 12.3 Å². The van der Waals surface area contributed by atoms with Gasteiger partial charge in [-0.15, -0.1) is 12.4 Å². The van der Waals surface area contributed by atoms with Crippen molar-refractivity contribution in [3.05, 3.63) is 0 Å². The summed E-state index contributed by atoms with van der Waals surface area (Å²) >= 11 is 0. The zero-order valence-electron chi connectivity index (χ0n) is 14.9. The van der Waals surface area contributed by atoms with Crippen LogP contribution in [0.15, 0.2) is 0 Å². The lowest BCUT2D eigenvalue weighted by molar-refractivity contribution is -0.153. The van der Waals surface area contributed by atoms with Crippen LogP contribution in [0.25, 0.3) is 0 Å². The van der Waals surface area contributed by atoms with Crippen LogP contribution in [0.1, 0.15) is 65.7 Å². The van der Waals surface area contributed by atoms with Crippen LogP contribution in [-0.4, -0.2) is 31.1 Å². The lowest BCUT2D eigenvalue weighted by Crippen LogP contribution is -2.40. The highest BCUT2D eigenvalue weighted by molar-refractivity contribution is 5.85. The van der Waals surface area contributed by atoms with Crippen molar-refractivity contribution in [1.82, 2.24) is 5.32 Å². The number of nitrogens with two attached hydrogens (primary N) is 1. The number of hydrogen-bond donors (Lipinski definition) is 2. The summed E-state index contributed by atoms with van der Waals surface area (Å²) in [5.41, 5.74) is 5.61. The fourth-order valence-corrected chi connectivity index (χ4v) is 3.86. The zero-order valence-corrected chi connectivity index (χ0v) is 15.7. The van der Waals surface area contributed by atoms with Crippen LogP contribution in [0.4, 0.5) is 0 Å². The maximum atomic E-state index is 12.3. The number of esters is 1. The van der Waals surface area contributed by atoms with Gasteiger partial charge < -0.3 is 15.8 Å². The van der Waals surface area contributed by atoms with Crippen molar-refractivity contribution in [3.8, 4) is 0 Å². The van der Waals surface area contributed by atoms with Crippen molar-refractivity contribution in [2.24, 2.45) is 17.1 Å². The van der Waals surface area contributed by atoms with E-state index in [1.807, 2.05) is 0 Å². The average molecular weight is 349 g/mol. The van der Waals surface area contributed by atoms with Crippen molar-refractivity contribution in [1.29, 1.82) is 0 Å². The van der Waals surface area contributed by atoms with E-state index < -0.39 is 5.41 Å². The van der Waals surface area contributed by atoms with Crippen molar-refractivity contribution >= 4 is 24.3 Å². The van der Waals surface area contributed by atoms with E-state index in [4.69, 9.17) is 10.5 Å². The van der Waals surface area contributed by atoms with Gasteiger partial charge in [-0.2, -0.15) is 0 Å². The molecule has 1 aliphatic carbocycles. The Morgan fingerprint density at radius 1 is 1.35 bits per heavy atom. The molecule has 0 aromatic heterocycles. The highest BCUT2D eigenvalue weighted by Crippen LogP contribution is 2.43. The number of carbonyl (C=O) groups is 2. The molecule has 0 spiro atoms. The van der Waals surface area contributed by atoms with Crippen molar-refractivity contribution < 1.29 is 14.3 Å². The maximum Gasteiger partial charge on any atom is 0.311 e. The molecule has 0 heterocycles. The average Bonchev–Trinajstić information content (AvgIpc) is 2.87. The fourth-order valence-electron chi connectivity index (χ4n) is 3.86. The van der Waals surface area contributed by atoms with Gasteiger partial charge in [-0.05, 0) is 44.4 Å². The van der Waals surface area contributed by atoms with E-state index in [1.54, 1.807) is 6.92 Å². The quantitative estimate of drug-likeness (QED) is 0.661. The van der Waals surface area contributed by atoms with Crippen LogP contribution in [0.3, 0.4) is 0 Å². The Hall–Kier alpha value is -0.810. The number of methoxy groups -OCH3 is 1. The van der Waals surface area contributed by atoms with Crippen LogP contribution < -0.4 is 11.1 Å². The number of carbonyl (C=O) groups excluding carboxylic acids is 2. The lowest BCUT2D eigenvalue weighted by Gasteiger charge is -2.31. The first kappa shape index (κ1) is 22.2. The molecule has 4 atom stereocenters. The number of hydrogen-bond acceptors (Lipinski definition) is 4. The summed E-state index contributed by atoms with van der Waals surface area (Å²) in [7, 11) is 1.46. The van der Waals surface area contributed by atoms with Crippen LogP contribution in [0.5, 0.6) is 0 Å². The SMILES string of the molecule is CCC(CCC1(C(=O)OC)CCC(N)C1)C(CC)NC(C)=O.Cl. The Morgan fingerprint density at radius 3 is 2.39 bits per heavy atom. The summed E-state index contributed by atoms with van der Waals surface area (Å²) < 4.78 is 5.04. The second-order valence-electron chi connectivity index (χ2n) is 6.70. The smallest absolute Gasteiger partial charge is 0.311 e. The van der Waals surface area contributed by atoms with Gasteiger partial charge >= 0.3 is 5.97 Å². The minimum Gasteiger partial charge on any atom is -0.469 e. The molecule has 6 heteroatoms. The van der Waals surface area contributed by atoms with Gasteiger partial charge in [-0.25, -0.2) is 0 Å². The van der Waals surface area contributed by atoms with E-state index in [-0.39, 0.29) is 36.4 Å². The third-order valence-corrected chi connectivity index (χ3v) is 5.18. The van der Waals surface area contributed by atoms with Crippen LogP contribution in [-0.2, 0) is 14.3 Å². The van der Waals surface area contributed by atoms with Gasteiger partial charge in [-0.1, -0.05) is 20.3 Å². The van der Waals surface area contributed by atoms with Gasteiger partial charge in [0, 0.05) is 19.0 Å². The monoisotopic (exact) mass is 348 g/mol. The third kappa shape index (κ3) is 5.96. The summed E-state index contributed by atoms with van der Waals surface area (Å²) in [6, 6.07) is 0.267. The van der Waals surface area contributed by atoms with E-state index in [9.17, 15) is 9.59 Å². The standard InChI is InChI=1S/C17H32N2O3.ClH/c1-5-13(15(6-2)19-12(3)20)7-9-17(16(21)22-4)10-8-14(18)11-17;/h13-15H,5-11,18H2,1-4H3,(H,19,20);1H. The molecule has 0 radical (unpaired) electrons. The Labute approximate surface area is 146 Å². The van der Waals surface area contributed by atoms with Gasteiger partial charge in [-0.3, -0.25) is 9.59 Å². The molecule has 1 fully saturated rings. The molecule has 0 bridgehead atoms. The number of nitrogens with one attached hydrogen (secondary N) is 1. The summed E-state index contributed by atoms with van der Waals surface area (Å²) in [6.45, 7) is 5.78. The number of halogens is 1. The number of amides is 1. The molecule has 4 unspecified atom stereocenters. The second kappa shape index (κ2) is 10.1. The molecular formula is C17H33ClN2O3. The van der Waals surface area contributed by atoms with E-state index in [1.165, 1.54) is 7.11 Å². The first-order valence-corrected chi connectivity index (χ1v) is 8.49. The molecule has 1 aliphatic rings. The van der Waals surface area contributed by atoms with Crippen molar-refractivity contribution in [2.45, 2.75) is 77.8 Å². The molecule has 5 nitrogen and oxygen atoms in total. The van der Waals surface area contributed by atoms with Crippen LogP contribution in [0.2, 0.25) is 0 Å².